The van der Waals surface area contributed by atoms with Gasteiger partial charge in [-0.25, -0.2) is 4.39 Å². The summed E-state index contributed by atoms with van der Waals surface area (Å²) in [7, 11) is 0. The van der Waals surface area contributed by atoms with Crippen LogP contribution in [0.2, 0.25) is 0 Å². The third-order valence-corrected chi connectivity index (χ3v) is 2.72. The van der Waals surface area contributed by atoms with E-state index in [1.165, 1.54) is 6.07 Å². The van der Waals surface area contributed by atoms with Gasteiger partial charge in [-0.15, -0.1) is 12.3 Å². The maximum Gasteiger partial charge on any atom is 0.419 e. The lowest BCUT2D eigenvalue weighted by Crippen LogP contribution is -2.29. The van der Waals surface area contributed by atoms with Gasteiger partial charge in [-0.1, -0.05) is 12.1 Å². The van der Waals surface area contributed by atoms with Crippen molar-refractivity contribution in [1.29, 1.82) is 0 Å². The van der Waals surface area contributed by atoms with E-state index in [9.17, 15) is 17.6 Å². The zero-order valence-corrected chi connectivity index (χ0v) is 10.1. The molecule has 0 fully saturated rings. The Morgan fingerprint density at radius 1 is 1.37 bits per heavy atom. The van der Waals surface area contributed by atoms with Crippen LogP contribution in [0.15, 0.2) is 18.2 Å². The summed E-state index contributed by atoms with van der Waals surface area (Å²) >= 11 is 0. The molecule has 3 N–H and O–H groups in total. The van der Waals surface area contributed by atoms with Gasteiger partial charge in [0.1, 0.15) is 5.82 Å². The van der Waals surface area contributed by atoms with Gasteiger partial charge in [0.2, 0.25) is 0 Å². The SMILES string of the molecule is C#CCCCC(NN)c1cccc(C(F)(F)F)c1F. The maximum absolute atomic E-state index is 13.9. The summed E-state index contributed by atoms with van der Waals surface area (Å²) in [5.41, 5.74) is 0.929. The van der Waals surface area contributed by atoms with Gasteiger partial charge in [-0.05, 0) is 18.9 Å². The molecule has 1 aromatic carbocycles. The Hall–Kier alpha value is -1.58. The standard InChI is InChI=1S/C13H14F4N2/c1-2-3-4-8-11(19-18)9-6-5-7-10(12(9)14)13(15,16)17/h1,5-7,11,19H,3-4,8,18H2. The van der Waals surface area contributed by atoms with Crippen LogP contribution in [-0.2, 0) is 6.18 Å². The van der Waals surface area contributed by atoms with E-state index in [0.717, 1.165) is 6.07 Å². The molecule has 19 heavy (non-hydrogen) atoms. The Morgan fingerprint density at radius 3 is 2.58 bits per heavy atom. The lowest BCUT2D eigenvalue weighted by Gasteiger charge is -2.18. The number of hydrazine groups is 1. The molecular weight excluding hydrogens is 260 g/mol. The average Bonchev–Trinajstić information content (AvgIpc) is 2.34. The number of nitrogens with two attached hydrogens (primary N) is 1. The minimum absolute atomic E-state index is 0.102. The summed E-state index contributed by atoms with van der Waals surface area (Å²) in [5, 5.41) is 0. The fourth-order valence-electron chi connectivity index (χ4n) is 1.77. The number of nitrogens with one attached hydrogen (secondary N) is 1. The molecule has 104 valence electrons. The molecule has 1 unspecified atom stereocenters. The van der Waals surface area contributed by atoms with Crippen molar-refractivity contribution in [3.8, 4) is 12.3 Å². The summed E-state index contributed by atoms with van der Waals surface area (Å²) in [6.07, 6.45) is 1.72. The van der Waals surface area contributed by atoms with Gasteiger partial charge in [0.25, 0.3) is 0 Å². The van der Waals surface area contributed by atoms with Gasteiger partial charge >= 0.3 is 6.18 Å². The van der Waals surface area contributed by atoms with Gasteiger partial charge < -0.3 is 0 Å². The molecular formula is C13H14F4N2. The Kier molecular flexibility index (Phi) is 5.33. The van der Waals surface area contributed by atoms with E-state index in [2.05, 4.69) is 11.3 Å². The van der Waals surface area contributed by atoms with Crippen LogP contribution in [0.5, 0.6) is 0 Å². The first-order valence-corrected chi connectivity index (χ1v) is 5.67. The van der Waals surface area contributed by atoms with Crippen LogP contribution < -0.4 is 11.3 Å². The predicted octanol–water partition coefficient (Wildman–Crippen LogP) is 3.15. The average molecular weight is 274 g/mol. The number of terminal acetylenes is 1. The highest BCUT2D eigenvalue weighted by Crippen LogP contribution is 2.34. The van der Waals surface area contributed by atoms with Gasteiger partial charge in [0.15, 0.2) is 0 Å². The van der Waals surface area contributed by atoms with Crippen molar-refractivity contribution in [1.82, 2.24) is 5.43 Å². The number of hydrogen-bond acceptors (Lipinski definition) is 2. The van der Waals surface area contributed by atoms with E-state index < -0.39 is 23.6 Å². The second kappa shape index (κ2) is 6.55. The predicted molar refractivity (Wildman–Crippen MR) is 64.2 cm³/mol. The van der Waals surface area contributed by atoms with Crippen molar-refractivity contribution in [3.63, 3.8) is 0 Å². The Morgan fingerprint density at radius 2 is 2.05 bits per heavy atom. The molecule has 0 saturated carbocycles. The number of hydrogen-bond donors (Lipinski definition) is 2. The first kappa shape index (κ1) is 15.5. The molecule has 0 radical (unpaired) electrons. The van der Waals surface area contributed by atoms with Crippen LogP contribution in [0.4, 0.5) is 17.6 Å². The number of benzene rings is 1. The molecule has 0 aromatic heterocycles. The maximum atomic E-state index is 13.9. The van der Waals surface area contributed by atoms with Gasteiger partial charge in [-0.2, -0.15) is 13.2 Å². The van der Waals surface area contributed by atoms with E-state index in [1.807, 2.05) is 0 Å². The third-order valence-electron chi connectivity index (χ3n) is 2.72. The lowest BCUT2D eigenvalue weighted by molar-refractivity contribution is -0.140. The molecule has 0 aliphatic carbocycles. The molecule has 1 aromatic rings. The van der Waals surface area contributed by atoms with Gasteiger partial charge in [-0.3, -0.25) is 11.3 Å². The van der Waals surface area contributed by atoms with Crippen LogP contribution in [0, 0.1) is 18.2 Å². The number of rotatable bonds is 5. The first-order chi connectivity index (χ1) is 8.91. The van der Waals surface area contributed by atoms with Crippen LogP contribution in [-0.4, -0.2) is 0 Å². The van der Waals surface area contributed by atoms with Crippen LogP contribution >= 0.6 is 0 Å². The Bertz CT molecular complexity index is 463. The topological polar surface area (TPSA) is 38.0 Å². The summed E-state index contributed by atoms with van der Waals surface area (Å²) in [6.45, 7) is 0. The van der Waals surface area contributed by atoms with Crippen LogP contribution in [0.25, 0.3) is 0 Å². The lowest BCUT2D eigenvalue weighted by atomic mass is 9.98. The zero-order valence-electron chi connectivity index (χ0n) is 10.1. The smallest absolute Gasteiger partial charge is 0.271 e. The largest absolute Gasteiger partial charge is 0.419 e. The highest BCUT2D eigenvalue weighted by Gasteiger charge is 2.35. The second-order valence-corrected chi connectivity index (χ2v) is 4.02. The molecule has 6 heteroatoms. The summed E-state index contributed by atoms with van der Waals surface area (Å²) < 4.78 is 51.6. The number of halogens is 4. The summed E-state index contributed by atoms with van der Waals surface area (Å²) in [5.74, 6) is 6.38. The van der Waals surface area contributed by atoms with E-state index in [4.69, 9.17) is 12.3 Å². The molecule has 0 aliphatic heterocycles. The molecule has 1 rings (SSSR count). The molecule has 0 spiro atoms. The van der Waals surface area contributed by atoms with E-state index in [1.54, 1.807) is 0 Å². The monoisotopic (exact) mass is 274 g/mol. The number of unbranched alkanes of at least 4 members (excludes halogenated alkanes) is 1. The molecule has 0 heterocycles. The Labute approximate surface area is 109 Å². The highest BCUT2D eigenvalue weighted by atomic mass is 19.4. The fraction of sp³-hybridized carbons (Fsp3) is 0.385. The molecule has 0 aliphatic rings. The van der Waals surface area contributed by atoms with Gasteiger partial charge in [0, 0.05) is 18.0 Å². The molecule has 0 bridgehead atoms. The van der Waals surface area contributed by atoms with E-state index in [-0.39, 0.29) is 5.56 Å². The van der Waals surface area contributed by atoms with Crippen molar-refractivity contribution >= 4 is 0 Å². The van der Waals surface area contributed by atoms with Gasteiger partial charge in [0.05, 0.1) is 5.56 Å². The number of alkyl halides is 3. The minimum atomic E-state index is -4.72. The third kappa shape index (κ3) is 3.94. The van der Waals surface area contributed by atoms with E-state index >= 15 is 0 Å². The fourth-order valence-corrected chi connectivity index (χ4v) is 1.77. The minimum Gasteiger partial charge on any atom is -0.271 e. The summed E-state index contributed by atoms with van der Waals surface area (Å²) in [4.78, 5) is 0. The molecule has 0 amide bonds. The summed E-state index contributed by atoms with van der Waals surface area (Å²) in [6, 6.07) is 2.45. The second-order valence-electron chi connectivity index (χ2n) is 4.02. The quantitative estimate of drug-likeness (QED) is 0.284. The van der Waals surface area contributed by atoms with Crippen molar-refractivity contribution in [2.24, 2.45) is 5.84 Å². The van der Waals surface area contributed by atoms with Crippen molar-refractivity contribution in [2.45, 2.75) is 31.5 Å². The molecule has 1 atom stereocenters. The van der Waals surface area contributed by atoms with E-state index in [0.29, 0.717) is 25.3 Å². The zero-order chi connectivity index (χ0) is 14.5. The van der Waals surface area contributed by atoms with Crippen molar-refractivity contribution < 1.29 is 17.6 Å². The highest BCUT2D eigenvalue weighted by molar-refractivity contribution is 5.30. The first-order valence-electron chi connectivity index (χ1n) is 5.67. The van der Waals surface area contributed by atoms with Crippen LogP contribution in [0.3, 0.4) is 0 Å². The van der Waals surface area contributed by atoms with Crippen molar-refractivity contribution in [3.05, 3.63) is 35.1 Å². The Balaban J connectivity index is 3.02. The van der Waals surface area contributed by atoms with Crippen LogP contribution in [0.1, 0.15) is 36.4 Å². The normalized spacial score (nSPS) is 13.1. The molecule has 0 saturated heterocycles. The van der Waals surface area contributed by atoms with Crippen molar-refractivity contribution in [2.75, 3.05) is 0 Å². The molecule has 2 nitrogen and oxygen atoms in total.